The lowest BCUT2D eigenvalue weighted by Crippen LogP contribution is -2.28. The molecule has 0 bridgehead atoms. The zero-order valence-corrected chi connectivity index (χ0v) is 14.0. The summed E-state index contributed by atoms with van der Waals surface area (Å²) in [7, 11) is 2.03. The van der Waals surface area contributed by atoms with E-state index in [0.717, 1.165) is 35.0 Å². The van der Waals surface area contributed by atoms with Gasteiger partial charge in [0.25, 0.3) is 0 Å². The molecule has 5 heteroatoms. The Hall–Kier alpha value is -2.69. The Labute approximate surface area is 142 Å². The molecule has 1 amide bonds. The van der Waals surface area contributed by atoms with E-state index in [1.807, 2.05) is 56.4 Å². The summed E-state index contributed by atoms with van der Waals surface area (Å²) in [4.78, 5) is 14.4. The van der Waals surface area contributed by atoms with E-state index < -0.39 is 0 Å². The SMILES string of the molecule is CCOc1ccc(CC(=O)Nc2ccc3c(c2)OCCN3C)cc1. The third-order valence-electron chi connectivity index (χ3n) is 3.94. The van der Waals surface area contributed by atoms with Crippen molar-refractivity contribution >= 4 is 17.3 Å². The van der Waals surface area contributed by atoms with Crippen molar-refractivity contribution < 1.29 is 14.3 Å². The number of hydrogen-bond acceptors (Lipinski definition) is 4. The largest absolute Gasteiger partial charge is 0.494 e. The highest BCUT2D eigenvalue weighted by Crippen LogP contribution is 2.33. The van der Waals surface area contributed by atoms with Crippen LogP contribution in [0.5, 0.6) is 11.5 Å². The van der Waals surface area contributed by atoms with Crippen LogP contribution in [-0.4, -0.2) is 32.7 Å². The molecule has 3 rings (SSSR count). The van der Waals surface area contributed by atoms with Crippen LogP contribution in [0.4, 0.5) is 11.4 Å². The molecule has 0 radical (unpaired) electrons. The lowest BCUT2D eigenvalue weighted by atomic mass is 10.1. The second-order valence-electron chi connectivity index (χ2n) is 5.75. The number of benzene rings is 2. The van der Waals surface area contributed by atoms with Crippen molar-refractivity contribution in [3.8, 4) is 11.5 Å². The number of likely N-dealkylation sites (N-methyl/N-ethyl adjacent to an activating group) is 1. The molecule has 1 N–H and O–H groups in total. The van der Waals surface area contributed by atoms with Gasteiger partial charge in [-0.1, -0.05) is 12.1 Å². The minimum atomic E-state index is -0.0525. The number of nitrogens with one attached hydrogen (secondary N) is 1. The van der Waals surface area contributed by atoms with Crippen molar-refractivity contribution in [3.63, 3.8) is 0 Å². The predicted octanol–water partition coefficient (Wildman–Crippen LogP) is 3.10. The fourth-order valence-electron chi connectivity index (χ4n) is 2.70. The Morgan fingerprint density at radius 2 is 2.04 bits per heavy atom. The minimum absolute atomic E-state index is 0.0525. The van der Waals surface area contributed by atoms with E-state index >= 15 is 0 Å². The van der Waals surface area contributed by atoms with Crippen LogP contribution >= 0.6 is 0 Å². The normalized spacial score (nSPS) is 13.0. The molecule has 2 aromatic rings. The fourth-order valence-corrected chi connectivity index (χ4v) is 2.70. The Kier molecular flexibility index (Phi) is 4.89. The average Bonchev–Trinajstić information content (AvgIpc) is 2.57. The first kappa shape index (κ1) is 16.2. The summed E-state index contributed by atoms with van der Waals surface area (Å²) in [6, 6.07) is 13.3. The maximum absolute atomic E-state index is 12.2. The molecule has 0 aromatic heterocycles. The zero-order chi connectivity index (χ0) is 16.9. The monoisotopic (exact) mass is 326 g/mol. The second kappa shape index (κ2) is 7.25. The lowest BCUT2D eigenvalue weighted by molar-refractivity contribution is -0.115. The number of nitrogens with zero attached hydrogens (tertiary/aromatic N) is 1. The summed E-state index contributed by atoms with van der Waals surface area (Å²) < 4.78 is 11.1. The van der Waals surface area contributed by atoms with E-state index in [1.165, 1.54) is 0 Å². The van der Waals surface area contributed by atoms with Gasteiger partial charge in [0.05, 0.1) is 25.3 Å². The van der Waals surface area contributed by atoms with E-state index in [0.29, 0.717) is 19.6 Å². The van der Waals surface area contributed by atoms with Gasteiger partial charge in [-0.15, -0.1) is 0 Å². The summed E-state index contributed by atoms with van der Waals surface area (Å²) in [5, 5.41) is 2.93. The van der Waals surface area contributed by atoms with Crippen molar-refractivity contribution in [2.45, 2.75) is 13.3 Å². The van der Waals surface area contributed by atoms with Crippen molar-refractivity contribution in [1.29, 1.82) is 0 Å². The first-order valence-corrected chi connectivity index (χ1v) is 8.15. The molecule has 0 unspecified atom stereocenters. The quantitative estimate of drug-likeness (QED) is 0.917. The van der Waals surface area contributed by atoms with E-state index in [9.17, 15) is 4.79 Å². The highest BCUT2D eigenvalue weighted by Gasteiger charge is 2.15. The van der Waals surface area contributed by atoms with Gasteiger partial charge in [0.2, 0.25) is 5.91 Å². The number of amides is 1. The number of rotatable bonds is 5. The summed E-state index contributed by atoms with van der Waals surface area (Å²) in [5.41, 5.74) is 2.75. The molecule has 0 atom stereocenters. The first-order valence-electron chi connectivity index (χ1n) is 8.15. The van der Waals surface area contributed by atoms with Crippen molar-refractivity contribution in [2.24, 2.45) is 0 Å². The molecule has 0 saturated carbocycles. The van der Waals surface area contributed by atoms with Gasteiger partial charge in [-0.2, -0.15) is 0 Å². The first-order chi connectivity index (χ1) is 11.7. The minimum Gasteiger partial charge on any atom is -0.494 e. The molecule has 0 aliphatic carbocycles. The number of carbonyl (C=O) groups excluding carboxylic acids is 1. The summed E-state index contributed by atoms with van der Waals surface area (Å²) in [6.07, 6.45) is 0.324. The molecule has 126 valence electrons. The van der Waals surface area contributed by atoms with Crippen LogP contribution in [0.1, 0.15) is 12.5 Å². The van der Waals surface area contributed by atoms with Crippen LogP contribution in [0.3, 0.4) is 0 Å². The molecule has 2 aromatic carbocycles. The molecule has 0 saturated heterocycles. The number of anilines is 2. The van der Waals surface area contributed by atoms with Gasteiger partial charge in [-0.25, -0.2) is 0 Å². The number of fused-ring (bicyclic) bond motifs is 1. The molecular weight excluding hydrogens is 304 g/mol. The Bertz CT molecular complexity index is 713. The Morgan fingerprint density at radius 3 is 2.79 bits per heavy atom. The molecule has 1 heterocycles. The molecule has 1 aliphatic heterocycles. The van der Waals surface area contributed by atoms with Crippen LogP contribution < -0.4 is 19.7 Å². The number of hydrogen-bond donors (Lipinski definition) is 1. The van der Waals surface area contributed by atoms with Crippen molar-refractivity contribution in [1.82, 2.24) is 0 Å². The number of carbonyl (C=O) groups is 1. The van der Waals surface area contributed by atoms with Gasteiger partial charge in [0.15, 0.2) is 0 Å². The van der Waals surface area contributed by atoms with Gasteiger partial charge in [0.1, 0.15) is 18.1 Å². The van der Waals surface area contributed by atoms with Crippen LogP contribution in [-0.2, 0) is 11.2 Å². The van der Waals surface area contributed by atoms with E-state index in [1.54, 1.807) is 0 Å². The van der Waals surface area contributed by atoms with Gasteiger partial charge >= 0.3 is 0 Å². The topological polar surface area (TPSA) is 50.8 Å². The van der Waals surface area contributed by atoms with Gasteiger partial charge < -0.3 is 19.7 Å². The van der Waals surface area contributed by atoms with Crippen LogP contribution in [0, 0.1) is 0 Å². The molecule has 24 heavy (non-hydrogen) atoms. The summed E-state index contributed by atoms with van der Waals surface area (Å²) >= 11 is 0. The van der Waals surface area contributed by atoms with Gasteiger partial charge in [-0.3, -0.25) is 4.79 Å². The number of ether oxygens (including phenoxy) is 2. The lowest BCUT2D eigenvalue weighted by Gasteiger charge is -2.27. The molecular formula is C19H22N2O3. The van der Waals surface area contributed by atoms with E-state index in [2.05, 4.69) is 10.2 Å². The van der Waals surface area contributed by atoms with Gasteiger partial charge in [-0.05, 0) is 36.8 Å². The Morgan fingerprint density at radius 1 is 1.25 bits per heavy atom. The maximum atomic E-state index is 12.2. The summed E-state index contributed by atoms with van der Waals surface area (Å²) in [6.45, 7) is 4.11. The van der Waals surface area contributed by atoms with E-state index in [4.69, 9.17) is 9.47 Å². The smallest absolute Gasteiger partial charge is 0.228 e. The molecule has 0 spiro atoms. The van der Waals surface area contributed by atoms with Crippen molar-refractivity contribution in [3.05, 3.63) is 48.0 Å². The summed E-state index contributed by atoms with van der Waals surface area (Å²) in [5.74, 6) is 1.57. The third kappa shape index (κ3) is 3.79. The van der Waals surface area contributed by atoms with Crippen molar-refractivity contribution in [2.75, 3.05) is 37.0 Å². The maximum Gasteiger partial charge on any atom is 0.228 e. The standard InChI is InChI=1S/C19H22N2O3/c1-3-23-16-7-4-14(5-8-16)12-19(22)20-15-6-9-17-18(13-15)24-11-10-21(17)2/h4-9,13H,3,10-12H2,1-2H3,(H,20,22). The van der Waals surface area contributed by atoms with Crippen LogP contribution in [0.15, 0.2) is 42.5 Å². The Balaban J connectivity index is 1.62. The highest BCUT2D eigenvalue weighted by atomic mass is 16.5. The third-order valence-corrected chi connectivity index (χ3v) is 3.94. The molecule has 0 fully saturated rings. The van der Waals surface area contributed by atoms with Crippen LogP contribution in [0.2, 0.25) is 0 Å². The molecule has 5 nitrogen and oxygen atoms in total. The zero-order valence-electron chi connectivity index (χ0n) is 14.0. The highest BCUT2D eigenvalue weighted by molar-refractivity contribution is 5.92. The molecule has 1 aliphatic rings. The predicted molar refractivity (Wildman–Crippen MR) is 95.2 cm³/mol. The second-order valence-corrected chi connectivity index (χ2v) is 5.75. The van der Waals surface area contributed by atoms with Crippen LogP contribution in [0.25, 0.3) is 0 Å². The van der Waals surface area contributed by atoms with Gasteiger partial charge in [0, 0.05) is 18.8 Å². The fraction of sp³-hybridized carbons (Fsp3) is 0.316. The average molecular weight is 326 g/mol. The van der Waals surface area contributed by atoms with E-state index in [-0.39, 0.29) is 5.91 Å².